The molecule has 1 aromatic rings. The van der Waals surface area contributed by atoms with Gasteiger partial charge in [-0.3, -0.25) is 4.79 Å². The third-order valence-electron chi connectivity index (χ3n) is 3.85. The smallest absolute Gasteiger partial charge is 0.343 e. The number of methoxy groups -OCH3 is 2. The van der Waals surface area contributed by atoms with Crippen LogP contribution in [0.4, 0.5) is 0 Å². The highest BCUT2D eigenvalue weighted by Gasteiger charge is 2.27. The largest absolute Gasteiger partial charge is 0.497 e. The van der Waals surface area contributed by atoms with E-state index in [0.29, 0.717) is 31.0 Å². The van der Waals surface area contributed by atoms with Gasteiger partial charge in [-0.2, -0.15) is 0 Å². The van der Waals surface area contributed by atoms with Crippen molar-refractivity contribution in [2.24, 2.45) is 0 Å². The van der Waals surface area contributed by atoms with Crippen LogP contribution >= 0.6 is 0 Å². The van der Waals surface area contributed by atoms with E-state index in [1.165, 1.54) is 0 Å². The number of carbonyl (C=O) groups excluding carboxylic acids is 2. The summed E-state index contributed by atoms with van der Waals surface area (Å²) in [5.41, 5.74) is 0.971. The average molecular weight is 333 g/mol. The Balaban J connectivity index is 2.21. The minimum absolute atomic E-state index is 0.113. The van der Waals surface area contributed by atoms with E-state index in [1.54, 1.807) is 38.2 Å². The summed E-state index contributed by atoms with van der Waals surface area (Å²) in [6, 6.07) is 5.46. The summed E-state index contributed by atoms with van der Waals surface area (Å²) < 4.78 is 15.6. The Morgan fingerprint density at radius 2 is 2.04 bits per heavy atom. The topological polar surface area (TPSA) is 65.1 Å². The number of amides is 1. The maximum absolute atomic E-state index is 12.7. The number of benzene rings is 1. The first kappa shape index (κ1) is 17.8. The molecule has 6 nitrogen and oxygen atoms in total. The zero-order valence-electron chi connectivity index (χ0n) is 14.3. The van der Waals surface area contributed by atoms with Crippen molar-refractivity contribution >= 4 is 11.9 Å². The molecule has 1 aromatic carbocycles. The van der Waals surface area contributed by atoms with Crippen molar-refractivity contribution < 1.29 is 23.8 Å². The molecule has 2 rings (SSSR count). The number of hydrogen-bond acceptors (Lipinski definition) is 5. The molecule has 0 aliphatic carbocycles. The first-order valence-corrected chi connectivity index (χ1v) is 7.98. The molecular formula is C18H23NO5. The van der Waals surface area contributed by atoms with Gasteiger partial charge < -0.3 is 19.1 Å². The first-order valence-electron chi connectivity index (χ1n) is 7.98. The van der Waals surface area contributed by atoms with E-state index in [2.05, 4.69) is 0 Å². The van der Waals surface area contributed by atoms with Crippen LogP contribution in [-0.4, -0.2) is 44.1 Å². The van der Waals surface area contributed by atoms with E-state index in [0.717, 1.165) is 12.0 Å². The summed E-state index contributed by atoms with van der Waals surface area (Å²) in [6.07, 6.45) is 3.15. The molecule has 130 valence electrons. The predicted molar refractivity (Wildman–Crippen MR) is 88.9 cm³/mol. The van der Waals surface area contributed by atoms with Gasteiger partial charge in [0, 0.05) is 24.7 Å². The fraction of sp³-hybridized carbons (Fsp3) is 0.444. The molecule has 0 saturated carbocycles. The zero-order chi connectivity index (χ0) is 17.5. The van der Waals surface area contributed by atoms with Gasteiger partial charge in [0.2, 0.25) is 0 Å². The van der Waals surface area contributed by atoms with Crippen molar-refractivity contribution in [2.75, 3.05) is 27.4 Å². The van der Waals surface area contributed by atoms with Gasteiger partial charge in [-0.1, -0.05) is 6.08 Å². The Kier molecular flexibility index (Phi) is 6.23. The Labute approximate surface area is 142 Å². The van der Waals surface area contributed by atoms with Crippen LogP contribution in [0.3, 0.4) is 0 Å². The molecule has 0 spiro atoms. The lowest BCUT2D eigenvalue weighted by molar-refractivity contribution is -0.142. The molecule has 0 unspecified atom stereocenters. The van der Waals surface area contributed by atoms with Gasteiger partial charge in [-0.15, -0.1) is 0 Å². The number of nitrogens with zero attached hydrogens (tertiary/aromatic N) is 1. The quantitative estimate of drug-likeness (QED) is 0.590. The van der Waals surface area contributed by atoms with Crippen molar-refractivity contribution in [2.45, 2.75) is 26.3 Å². The number of rotatable bonds is 6. The van der Waals surface area contributed by atoms with Crippen LogP contribution in [-0.2, 0) is 20.9 Å². The van der Waals surface area contributed by atoms with E-state index in [9.17, 15) is 9.59 Å². The molecule has 0 radical (unpaired) electrons. The predicted octanol–water partition coefficient (Wildman–Crippen LogP) is 2.32. The molecule has 1 amide bonds. The standard InChI is InChI=1S/C18H23NO5/c1-4-24-18(21)15-7-5-6-10-19(17(15)20)12-13-8-9-14(22-2)11-16(13)23-3/h7-9,11H,4-6,10,12H2,1-3H3. The highest BCUT2D eigenvalue weighted by molar-refractivity contribution is 6.16. The number of carbonyl (C=O) groups is 2. The average Bonchev–Trinajstić information content (AvgIpc) is 2.77. The van der Waals surface area contributed by atoms with Crippen LogP contribution < -0.4 is 9.47 Å². The number of allylic oxidation sites excluding steroid dienone is 1. The van der Waals surface area contributed by atoms with Crippen molar-refractivity contribution in [1.82, 2.24) is 4.90 Å². The summed E-state index contributed by atoms with van der Waals surface area (Å²) in [6.45, 7) is 2.91. The maximum atomic E-state index is 12.7. The second kappa shape index (κ2) is 8.38. The van der Waals surface area contributed by atoms with Crippen LogP contribution in [0.1, 0.15) is 25.3 Å². The lowest BCUT2D eigenvalue weighted by atomic mass is 10.1. The number of ether oxygens (including phenoxy) is 3. The second-order valence-corrected chi connectivity index (χ2v) is 5.38. The van der Waals surface area contributed by atoms with E-state index >= 15 is 0 Å². The maximum Gasteiger partial charge on any atom is 0.343 e. The van der Waals surface area contributed by atoms with Gasteiger partial charge in [0.25, 0.3) is 5.91 Å². The van der Waals surface area contributed by atoms with E-state index in [-0.39, 0.29) is 18.1 Å². The molecule has 0 atom stereocenters. The Morgan fingerprint density at radius 3 is 2.71 bits per heavy atom. The molecule has 0 bridgehead atoms. The fourth-order valence-electron chi connectivity index (χ4n) is 2.61. The molecular weight excluding hydrogens is 310 g/mol. The summed E-state index contributed by atoms with van der Waals surface area (Å²) in [7, 11) is 3.16. The normalized spacial score (nSPS) is 14.7. The Morgan fingerprint density at radius 1 is 1.25 bits per heavy atom. The van der Waals surface area contributed by atoms with Crippen molar-refractivity contribution in [1.29, 1.82) is 0 Å². The third-order valence-corrected chi connectivity index (χ3v) is 3.85. The molecule has 1 aliphatic heterocycles. The minimum Gasteiger partial charge on any atom is -0.497 e. The van der Waals surface area contributed by atoms with Crippen LogP contribution in [0.2, 0.25) is 0 Å². The molecule has 0 aromatic heterocycles. The van der Waals surface area contributed by atoms with Crippen LogP contribution in [0, 0.1) is 0 Å². The lowest BCUT2D eigenvalue weighted by Crippen LogP contribution is -2.34. The molecule has 1 heterocycles. The SMILES string of the molecule is CCOC(=O)C1=CCCCN(Cc2ccc(OC)cc2OC)C1=O. The van der Waals surface area contributed by atoms with E-state index < -0.39 is 5.97 Å². The summed E-state index contributed by atoms with van der Waals surface area (Å²) in [4.78, 5) is 26.3. The van der Waals surface area contributed by atoms with Crippen molar-refractivity contribution in [3.63, 3.8) is 0 Å². The summed E-state index contributed by atoms with van der Waals surface area (Å²) in [5.74, 6) is 0.470. The molecule has 1 aliphatic rings. The number of hydrogen-bond donors (Lipinski definition) is 0. The van der Waals surface area contributed by atoms with Gasteiger partial charge in [0.05, 0.1) is 20.8 Å². The Hall–Kier alpha value is -2.50. The minimum atomic E-state index is -0.559. The van der Waals surface area contributed by atoms with Crippen LogP contribution in [0.15, 0.2) is 29.8 Å². The molecule has 0 fully saturated rings. The molecule has 0 saturated heterocycles. The summed E-state index contributed by atoms with van der Waals surface area (Å²) in [5, 5.41) is 0. The summed E-state index contributed by atoms with van der Waals surface area (Å²) >= 11 is 0. The van der Waals surface area contributed by atoms with Gasteiger partial charge in [-0.05, 0) is 31.9 Å². The Bertz CT molecular complexity index is 638. The van der Waals surface area contributed by atoms with E-state index in [4.69, 9.17) is 14.2 Å². The van der Waals surface area contributed by atoms with Crippen LogP contribution in [0.5, 0.6) is 11.5 Å². The fourth-order valence-corrected chi connectivity index (χ4v) is 2.61. The highest BCUT2D eigenvalue weighted by atomic mass is 16.5. The highest BCUT2D eigenvalue weighted by Crippen LogP contribution is 2.27. The number of esters is 1. The zero-order valence-corrected chi connectivity index (χ0v) is 14.3. The van der Waals surface area contributed by atoms with Gasteiger partial charge in [-0.25, -0.2) is 4.79 Å². The van der Waals surface area contributed by atoms with Crippen molar-refractivity contribution in [3.8, 4) is 11.5 Å². The van der Waals surface area contributed by atoms with Gasteiger partial charge in [0.1, 0.15) is 17.1 Å². The molecule has 24 heavy (non-hydrogen) atoms. The third kappa shape index (κ3) is 4.07. The first-order chi connectivity index (χ1) is 11.6. The van der Waals surface area contributed by atoms with Gasteiger partial charge >= 0.3 is 5.97 Å². The lowest BCUT2D eigenvalue weighted by Gasteiger charge is -2.23. The monoisotopic (exact) mass is 333 g/mol. The second-order valence-electron chi connectivity index (χ2n) is 5.38. The van der Waals surface area contributed by atoms with Crippen LogP contribution in [0.25, 0.3) is 0 Å². The molecule has 0 N–H and O–H groups in total. The van der Waals surface area contributed by atoms with Gasteiger partial charge in [0.15, 0.2) is 0 Å². The molecule has 6 heteroatoms. The van der Waals surface area contributed by atoms with E-state index in [1.807, 2.05) is 12.1 Å². The van der Waals surface area contributed by atoms with Crippen molar-refractivity contribution in [3.05, 3.63) is 35.4 Å².